The SMILES string of the molecule is Cc1ccc(C2=CCN(C(=O)OC(C)(C)C)CC2)c(C#N)c1. The van der Waals surface area contributed by atoms with E-state index in [2.05, 4.69) is 6.07 Å². The number of rotatable bonds is 1. The summed E-state index contributed by atoms with van der Waals surface area (Å²) in [5.74, 6) is 0. The third-order valence-corrected chi connectivity index (χ3v) is 3.50. The summed E-state index contributed by atoms with van der Waals surface area (Å²) in [5, 5.41) is 9.28. The first kappa shape index (κ1) is 16.1. The van der Waals surface area contributed by atoms with Gasteiger partial charge < -0.3 is 9.64 Å². The number of ether oxygens (including phenoxy) is 1. The fourth-order valence-electron chi connectivity index (χ4n) is 2.44. The molecule has 22 heavy (non-hydrogen) atoms. The van der Waals surface area contributed by atoms with Crippen LogP contribution in [0.3, 0.4) is 0 Å². The normalized spacial score (nSPS) is 15.0. The molecule has 0 saturated heterocycles. The topological polar surface area (TPSA) is 53.3 Å². The van der Waals surface area contributed by atoms with Crippen LogP contribution in [0.1, 0.15) is 43.9 Å². The second-order valence-corrected chi connectivity index (χ2v) is 6.57. The van der Waals surface area contributed by atoms with Gasteiger partial charge in [0.05, 0.1) is 11.6 Å². The van der Waals surface area contributed by atoms with Crippen molar-refractivity contribution in [1.82, 2.24) is 4.90 Å². The Morgan fingerprint density at radius 2 is 2.09 bits per heavy atom. The predicted octanol–water partition coefficient (Wildman–Crippen LogP) is 3.89. The summed E-state index contributed by atoms with van der Waals surface area (Å²) < 4.78 is 5.38. The lowest BCUT2D eigenvalue weighted by molar-refractivity contribution is 0.0270. The van der Waals surface area contributed by atoms with E-state index in [1.54, 1.807) is 4.90 Å². The molecule has 0 radical (unpaired) electrons. The lowest BCUT2D eigenvalue weighted by atomic mass is 9.94. The van der Waals surface area contributed by atoms with Crippen molar-refractivity contribution in [3.8, 4) is 6.07 Å². The summed E-state index contributed by atoms with van der Waals surface area (Å²) in [5.41, 5.74) is 3.38. The van der Waals surface area contributed by atoms with E-state index in [0.717, 1.165) is 23.1 Å². The lowest BCUT2D eigenvalue weighted by Crippen LogP contribution is -2.39. The van der Waals surface area contributed by atoms with E-state index in [1.807, 2.05) is 52.0 Å². The third kappa shape index (κ3) is 3.88. The highest BCUT2D eigenvalue weighted by Gasteiger charge is 2.24. The molecule has 0 N–H and O–H groups in total. The fourth-order valence-corrected chi connectivity index (χ4v) is 2.44. The Labute approximate surface area is 132 Å². The second kappa shape index (κ2) is 6.23. The highest BCUT2D eigenvalue weighted by atomic mass is 16.6. The van der Waals surface area contributed by atoms with Crippen molar-refractivity contribution in [3.05, 3.63) is 41.0 Å². The molecule has 1 heterocycles. The van der Waals surface area contributed by atoms with Crippen LogP contribution in [0.2, 0.25) is 0 Å². The van der Waals surface area contributed by atoms with Gasteiger partial charge in [0.15, 0.2) is 0 Å². The molecule has 2 rings (SSSR count). The molecule has 0 atom stereocenters. The maximum Gasteiger partial charge on any atom is 0.410 e. The van der Waals surface area contributed by atoms with E-state index in [0.29, 0.717) is 18.7 Å². The molecule has 1 aromatic rings. The molecule has 116 valence electrons. The zero-order valence-electron chi connectivity index (χ0n) is 13.6. The minimum absolute atomic E-state index is 0.285. The molecule has 0 bridgehead atoms. The first-order valence-corrected chi connectivity index (χ1v) is 7.48. The average Bonchev–Trinajstić information content (AvgIpc) is 2.45. The molecule has 0 aliphatic carbocycles. The smallest absolute Gasteiger partial charge is 0.410 e. The molecule has 1 aliphatic heterocycles. The van der Waals surface area contributed by atoms with Crippen LogP contribution in [0.15, 0.2) is 24.3 Å². The number of amides is 1. The maximum atomic E-state index is 12.0. The number of carbonyl (C=O) groups is 1. The minimum atomic E-state index is -0.480. The van der Waals surface area contributed by atoms with Gasteiger partial charge in [-0.25, -0.2) is 4.79 Å². The standard InChI is InChI=1S/C18H22N2O2/c1-13-5-6-16(15(11-13)12-19)14-7-9-20(10-8-14)17(21)22-18(2,3)4/h5-7,11H,8-10H2,1-4H3. The summed E-state index contributed by atoms with van der Waals surface area (Å²) >= 11 is 0. The van der Waals surface area contributed by atoms with Crippen molar-refractivity contribution in [3.63, 3.8) is 0 Å². The Bertz CT molecular complexity index is 648. The second-order valence-electron chi connectivity index (χ2n) is 6.57. The number of hydrogen-bond acceptors (Lipinski definition) is 3. The van der Waals surface area contributed by atoms with Crippen LogP contribution in [-0.4, -0.2) is 29.7 Å². The van der Waals surface area contributed by atoms with E-state index in [4.69, 9.17) is 4.74 Å². The molecule has 1 aliphatic rings. The minimum Gasteiger partial charge on any atom is -0.444 e. The van der Waals surface area contributed by atoms with Crippen molar-refractivity contribution < 1.29 is 9.53 Å². The number of aryl methyl sites for hydroxylation is 1. The molecule has 0 saturated carbocycles. The molecular weight excluding hydrogens is 276 g/mol. The van der Waals surface area contributed by atoms with Gasteiger partial charge in [0.1, 0.15) is 5.60 Å². The lowest BCUT2D eigenvalue weighted by Gasteiger charge is -2.29. The number of nitriles is 1. The number of hydrogen-bond donors (Lipinski definition) is 0. The van der Waals surface area contributed by atoms with Crippen molar-refractivity contribution in [2.75, 3.05) is 13.1 Å². The molecule has 1 aromatic carbocycles. The van der Waals surface area contributed by atoms with Crippen molar-refractivity contribution in [1.29, 1.82) is 5.26 Å². The van der Waals surface area contributed by atoms with Gasteiger partial charge in [0.25, 0.3) is 0 Å². The van der Waals surface area contributed by atoms with Crippen LogP contribution < -0.4 is 0 Å². The van der Waals surface area contributed by atoms with Gasteiger partial charge in [-0.15, -0.1) is 0 Å². The predicted molar refractivity (Wildman–Crippen MR) is 86.3 cm³/mol. The molecule has 0 unspecified atom stereocenters. The van der Waals surface area contributed by atoms with Crippen LogP contribution in [-0.2, 0) is 4.74 Å². The molecule has 4 heteroatoms. The van der Waals surface area contributed by atoms with E-state index >= 15 is 0 Å². The Hall–Kier alpha value is -2.28. The maximum absolute atomic E-state index is 12.0. The Kier molecular flexibility index (Phi) is 4.56. The van der Waals surface area contributed by atoms with E-state index < -0.39 is 5.60 Å². The quantitative estimate of drug-likeness (QED) is 0.790. The molecule has 1 amide bonds. The molecule has 4 nitrogen and oxygen atoms in total. The molecular formula is C18H22N2O2. The zero-order chi connectivity index (χ0) is 16.3. The van der Waals surface area contributed by atoms with E-state index in [-0.39, 0.29) is 6.09 Å². The van der Waals surface area contributed by atoms with Crippen LogP contribution in [0.4, 0.5) is 4.79 Å². The monoisotopic (exact) mass is 298 g/mol. The molecule has 0 fully saturated rings. The van der Waals surface area contributed by atoms with Crippen molar-refractivity contribution >= 4 is 11.7 Å². The van der Waals surface area contributed by atoms with E-state index in [9.17, 15) is 10.1 Å². The van der Waals surface area contributed by atoms with Crippen LogP contribution in [0.25, 0.3) is 5.57 Å². The van der Waals surface area contributed by atoms with Gasteiger partial charge in [-0.2, -0.15) is 5.26 Å². The highest BCUT2D eigenvalue weighted by molar-refractivity contribution is 5.75. The number of carbonyl (C=O) groups excluding carboxylic acids is 1. The van der Waals surface area contributed by atoms with E-state index in [1.165, 1.54) is 0 Å². The van der Waals surface area contributed by atoms with Gasteiger partial charge >= 0.3 is 6.09 Å². The van der Waals surface area contributed by atoms with Gasteiger partial charge in [-0.05, 0) is 56.9 Å². The fraction of sp³-hybridized carbons (Fsp3) is 0.444. The summed E-state index contributed by atoms with van der Waals surface area (Å²) in [6.07, 6.45) is 2.46. The number of benzene rings is 1. The number of nitrogens with zero attached hydrogens (tertiary/aromatic N) is 2. The Morgan fingerprint density at radius 1 is 1.36 bits per heavy atom. The highest BCUT2D eigenvalue weighted by Crippen LogP contribution is 2.26. The third-order valence-electron chi connectivity index (χ3n) is 3.50. The first-order chi connectivity index (χ1) is 10.3. The largest absolute Gasteiger partial charge is 0.444 e. The summed E-state index contributed by atoms with van der Waals surface area (Å²) in [7, 11) is 0. The van der Waals surface area contributed by atoms with Crippen molar-refractivity contribution in [2.45, 2.75) is 39.7 Å². The van der Waals surface area contributed by atoms with Crippen LogP contribution >= 0.6 is 0 Å². The van der Waals surface area contributed by atoms with Gasteiger partial charge in [0, 0.05) is 13.1 Å². The first-order valence-electron chi connectivity index (χ1n) is 7.48. The van der Waals surface area contributed by atoms with Crippen LogP contribution in [0.5, 0.6) is 0 Å². The Morgan fingerprint density at radius 3 is 2.64 bits per heavy atom. The summed E-state index contributed by atoms with van der Waals surface area (Å²) in [6.45, 7) is 8.69. The molecule has 0 aromatic heterocycles. The zero-order valence-corrected chi connectivity index (χ0v) is 13.6. The Balaban J connectivity index is 2.13. The van der Waals surface area contributed by atoms with Gasteiger partial charge in [-0.1, -0.05) is 18.2 Å². The van der Waals surface area contributed by atoms with Crippen LogP contribution in [0, 0.1) is 18.3 Å². The van der Waals surface area contributed by atoms with Gasteiger partial charge in [0.2, 0.25) is 0 Å². The molecule has 0 spiro atoms. The average molecular weight is 298 g/mol. The summed E-state index contributed by atoms with van der Waals surface area (Å²) in [6, 6.07) is 8.15. The van der Waals surface area contributed by atoms with Crippen molar-refractivity contribution in [2.24, 2.45) is 0 Å². The summed E-state index contributed by atoms with van der Waals surface area (Å²) in [4.78, 5) is 13.7. The van der Waals surface area contributed by atoms with Gasteiger partial charge in [-0.3, -0.25) is 0 Å².